The summed E-state index contributed by atoms with van der Waals surface area (Å²) in [5, 5.41) is -0.183. The van der Waals surface area contributed by atoms with E-state index in [-0.39, 0.29) is 28.5 Å². The first-order valence-corrected chi connectivity index (χ1v) is 12.6. The van der Waals surface area contributed by atoms with Crippen LogP contribution >= 0.6 is 11.6 Å². The minimum absolute atomic E-state index is 0.0671. The highest BCUT2D eigenvalue weighted by Gasteiger charge is 2.49. The van der Waals surface area contributed by atoms with E-state index in [1.165, 1.54) is 4.57 Å². The van der Waals surface area contributed by atoms with Crippen LogP contribution in [0.25, 0.3) is 17.1 Å². The summed E-state index contributed by atoms with van der Waals surface area (Å²) in [4.78, 5) is 32.9. The number of hydrogen-bond donors (Lipinski definition) is 0. The second-order valence-corrected chi connectivity index (χ2v) is 10.3. The van der Waals surface area contributed by atoms with E-state index < -0.39 is 17.2 Å². The molecule has 0 saturated carbocycles. The second-order valence-electron chi connectivity index (χ2n) is 9.92. The van der Waals surface area contributed by atoms with Crippen molar-refractivity contribution < 1.29 is 18.3 Å². The van der Waals surface area contributed by atoms with Gasteiger partial charge in [-0.1, -0.05) is 11.6 Å². The van der Waals surface area contributed by atoms with Crippen LogP contribution in [-0.2, 0) is 11.3 Å². The van der Waals surface area contributed by atoms with Gasteiger partial charge >= 0.3 is 0 Å². The molecule has 2 fully saturated rings. The second kappa shape index (κ2) is 9.65. The molecule has 200 valence electrons. The molecule has 2 saturated heterocycles. The van der Waals surface area contributed by atoms with E-state index in [0.29, 0.717) is 34.8 Å². The first kappa shape index (κ1) is 25.3. The zero-order valence-corrected chi connectivity index (χ0v) is 21.9. The van der Waals surface area contributed by atoms with Crippen LogP contribution < -0.4 is 15.2 Å². The molecule has 0 aliphatic carbocycles. The molecule has 0 aromatic carbocycles. The van der Waals surface area contributed by atoms with E-state index in [2.05, 4.69) is 19.9 Å². The van der Waals surface area contributed by atoms with Crippen molar-refractivity contribution in [3.8, 4) is 22.8 Å². The molecule has 2 aliphatic rings. The van der Waals surface area contributed by atoms with Crippen LogP contribution in [0.2, 0.25) is 5.02 Å². The fraction of sp³-hybridized carbons (Fsp3) is 0.296. The van der Waals surface area contributed by atoms with Crippen molar-refractivity contribution >= 4 is 17.5 Å². The lowest BCUT2D eigenvalue weighted by atomic mass is 9.78. The highest BCUT2D eigenvalue weighted by atomic mass is 35.5. The van der Waals surface area contributed by atoms with Crippen molar-refractivity contribution in [3.63, 3.8) is 0 Å². The molecule has 1 spiro atoms. The molecule has 4 aromatic rings. The molecule has 0 amide bonds. The average Bonchev–Trinajstić information content (AvgIpc) is 2.86. The van der Waals surface area contributed by atoms with Crippen LogP contribution in [0.4, 0.5) is 14.7 Å². The minimum Gasteiger partial charge on any atom is -0.485 e. The van der Waals surface area contributed by atoms with Crippen molar-refractivity contribution in [2.45, 2.75) is 20.5 Å². The topological polar surface area (TPSA) is 95.3 Å². The Morgan fingerprint density at radius 2 is 1.87 bits per heavy atom. The van der Waals surface area contributed by atoms with Gasteiger partial charge in [-0.15, -0.1) is 0 Å². The number of pyridine rings is 3. The first-order chi connectivity index (χ1) is 18.7. The van der Waals surface area contributed by atoms with Gasteiger partial charge in [0.15, 0.2) is 5.82 Å². The van der Waals surface area contributed by atoms with Gasteiger partial charge in [0.2, 0.25) is 5.95 Å². The Hall–Kier alpha value is -3.96. The maximum Gasteiger partial charge on any atom is 0.277 e. The Morgan fingerprint density at radius 3 is 2.59 bits per heavy atom. The van der Waals surface area contributed by atoms with Gasteiger partial charge in [-0.2, -0.15) is 0 Å². The van der Waals surface area contributed by atoms with Crippen molar-refractivity contribution in [2.24, 2.45) is 5.41 Å². The normalized spacial score (nSPS) is 15.7. The Balaban J connectivity index is 1.29. The predicted molar refractivity (Wildman–Crippen MR) is 139 cm³/mol. The summed E-state index contributed by atoms with van der Waals surface area (Å²) in [5.41, 5.74) is 2.65. The van der Waals surface area contributed by atoms with E-state index >= 15 is 0 Å². The number of aromatic nitrogens is 5. The molecule has 4 aromatic heterocycles. The lowest BCUT2D eigenvalue weighted by molar-refractivity contribution is -0.127. The van der Waals surface area contributed by atoms with Gasteiger partial charge in [0.1, 0.15) is 28.9 Å². The maximum atomic E-state index is 14.0. The molecule has 9 nitrogen and oxygen atoms in total. The first-order valence-electron chi connectivity index (χ1n) is 12.2. The fourth-order valence-electron chi connectivity index (χ4n) is 4.80. The SMILES string of the molecule is Cc1cnc(-c2ccnc(N3CC4(COC4)C3)n2)cc1-n1c(C)cc(OCc2ncc(F)cc2F)c(Cl)c1=O. The number of rotatable bonds is 6. The van der Waals surface area contributed by atoms with E-state index in [1.807, 2.05) is 6.92 Å². The van der Waals surface area contributed by atoms with Gasteiger partial charge in [0.05, 0.1) is 41.9 Å². The molecule has 39 heavy (non-hydrogen) atoms. The number of ether oxygens (including phenoxy) is 2. The van der Waals surface area contributed by atoms with Crippen LogP contribution in [0.15, 0.2) is 47.7 Å². The van der Waals surface area contributed by atoms with E-state index in [9.17, 15) is 13.6 Å². The molecular formula is C27H23ClF2N6O3. The number of nitrogens with zero attached hydrogens (tertiary/aromatic N) is 6. The standard InChI is InChI=1S/C27H23ClF2N6O3/c1-15-8-32-20(19-3-4-31-26(34-19)35-11-27(12-35)13-38-14-27)7-22(15)36-16(2)5-23(24(28)25(36)37)39-10-21-18(30)6-17(29)9-33-21/h3-9H,10-14H2,1-2H3. The third-order valence-corrected chi connectivity index (χ3v) is 7.27. The quantitative estimate of drug-likeness (QED) is 0.354. The summed E-state index contributed by atoms with van der Waals surface area (Å²) in [7, 11) is 0. The summed E-state index contributed by atoms with van der Waals surface area (Å²) in [6.07, 6.45) is 4.25. The summed E-state index contributed by atoms with van der Waals surface area (Å²) < 4.78 is 39.5. The fourth-order valence-corrected chi connectivity index (χ4v) is 4.99. The van der Waals surface area contributed by atoms with Gasteiger partial charge < -0.3 is 14.4 Å². The maximum absolute atomic E-state index is 14.0. The molecule has 0 N–H and O–H groups in total. The van der Waals surface area contributed by atoms with Crippen LogP contribution in [0.5, 0.6) is 5.75 Å². The van der Waals surface area contributed by atoms with Crippen molar-refractivity contribution in [2.75, 3.05) is 31.2 Å². The third kappa shape index (κ3) is 4.61. The van der Waals surface area contributed by atoms with Crippen molar-refractivity contribution in [3.05, 3.63) is 86.8 Å². The molecule has 12 heteroatoms. The Kier molecular flexibility index (Phi) is 6.27. The molecule has 6 rings (SSSR count). The van der Waals surface area contributed by atoms with E-state index in [1.54, 1.807) is 37.5 Å². The van der Waals surface area contributed by atoms with Crippen LogP contribution in [0, 0.1) is 30.9 Å². The number of halogens is 3. The van der Waals surface area contributed by atoms with Crippen molar-refractivity contribution in [1.82, 2.24) is 24.5 Å². The lowest BCUT2D eigenvalue weighted by Gasteiger charge is -2.54. The van der Waals surface area contributed by atoms with Gasteiger partial charge in [-0.3, -0.25) is 19.3 Å². The van der Waals surface area contributed by atoms with Crippen LogP contribution in [-0.4, -0.2) is 50.8 Å². The number of aryl methyl sites for hydroxylation is 2. The van der Waals surface area contributed by atoms with Crippen LogP contribution in [0.3, 0.4) is 0 Å². The van der Waals surface area contributed by atoms with Crippen molar-refractivity contribution in [1.29, 1.82) is 0 Å². The zero-order chi connectivity index (χ0) is 27.3. The monoisotopic (exact) mass is 552 g/mol. The Bertz CT molecular complexity index is 1650. The molecule has 0 bridgehead atoms. The summed E-state index contributed by atoms with van der Waals surface area (Å²) >= 11 is 6.40. The van der Waals surface area contributed by atoms with E-state index in [4.69, 9.17) is 26.1 Å². The molecule has 0 unspecified atom stereocenters. The molecule has 2 aliphatic heterocycles. The highest BCUT2D eigenvalue weighted by molar-refractivity contribution is 6.31. The van der Waals surface area contributed by atoms with E-state index in [0.717, 1.165) is 38.1 Å². The minimum atomic E-state index is -0.852. The lowest BCUT2D eigenvalue weighted by Crippen LogP contribution is -2.66. The zero-order valence-electron chi connectivity index (χ0n) is 21.1. The smallest absolute Gasteiger partial charge is 0.277 e. The molecule has 6 heterocycles. The Labute approximate surface area is 227 Å². The summed E-state index contributed by atoms with van der Waals surface area (Å²) in [6.45, 7) is 6.49. The summed E-state index contributed by atoms with van der Waals surface area (Å²) in [5.74, 6) is -0.957. The molecule has 0 radical (unpaired) electrons. The molecular weight excluding hydrogens is 530 g/mol. The van der Waals surface area contributed by atoms with Crippen LogP contribution in [0.1, 0.15) is 17.0 Å². The van der Waals surface area contributed by atoms with Gasteiger partial charge in [0.25, 0.3) is 5.56 Å². The largest absolute Gasteiger partial charge is 0.485 e. The number of anilines is 1. The number of hydrogen-bond acceptors (Lipinski definition) is 8. The predicted octanol–water partition coefficient (Wildman–Crippen LogP) is 4.05. The highest BCUT2D eigenvalue weighted by Crippen LogP contribution is 2.39. The van der Waals surface area contributed by atoms with Gasteiger partial charge in [-0.25, -0.2) is 18.7 Å². The molecule has 0 atom stereocenters. The Morgan fingerprint density at radius 1 is 1.08 bits per heavy atom. The third-order valence-electron chi connectivity index (χ3n) is 6.92. The van der Waals surface area contributed by atoms with Gasteiger partial charge in [0, 0.05) is 43.3 Å². The summed E-state index contributed by atoms with van der Waals surface area (Å²) in [6, 6.07) is 5.85. The average molecular weight is 553 g/mol. The van der Waals surface area contributed by atoms with Gasteiger partial charge in [-0.05, 0) is 31.5 Å².